The SMILES string of the molecule is CC/C=C/OC(=O)c1ccc(O)cc1. The van der Waals surface area contributed by atoms with Gasteiger partial charge < -0.3 is 9.84 Å². The Kier molecular flexibility index (Phi) is 3.73. The summed E-state index contributed by atoms with van der Waals surface area (Å²) in [5.74, 6) is -0.291. The molecule has 0 aromatic heterocycles. The molecule has 0 amide bonds. The third kappa shape index (κ3) is 2.94. The van der Waals surface area contributed by atoms with Gasteiger partial charge in [0.1, 0.15) is 5.75 Å². The summed E-state index contributed by atoms with van der Waals surface area (Å²) in [6.07, 6.45) is 3.94. The van der Waals surface area contributed by atoms with Gasteiger partial charge in [-0.2, -0.15) is 0 Å². The number of phenolic OH excluding ortho intramolecular Hbond substituents is 1. The van der Waals surface area contributed by atoms with E-state index in [0.717, 1.165) is 6.42 Å². The van der Waals surface area contributed by atoms with Gasteiger partial charge in [-0.25, -0.2) is 4.79 Å². The zero-order valence-electron chi connectivity index (χ0n) is 7.93. The molecule has 0 bridgehead atoms. The summed E-state index contributed by atoms with van der Waals surface area (Å²) >= 11 is 0. The van der Waals surface area contributed by atoms with Crippen LogP contribution in [0.25, 0.3) is 0 Å². The van der Waals surface area contributed by atoms with E-state index in [0.29, 0.717) is 5.56 Å². The van der Waals surface area contributed by atoms with Gasteiger partial charge in [-0.3, -0.25) is 0 Å². The Labute approximate surface area is 82.6 Å². The lowest BCUT2D eigenvalue weighted by Gasteiger charge is -1.98. The van der Waals surface area contributed by atoms with Crippen LogP contribution in [0.3, 0.4) is 0 Å². The predicted octanol–water partition coefficient (Wildman–Crippen LogP) is 2.47. The Morgan fingerprint density at radius 2 is 2.07 bits per heavy atom. The van der Waals surface area contributed by atoms with Gasteiger partial charge in [0.2, 0.25) is 0 Å². The van der Waals surface area contributed by atoms with Gasteiger partial charge in [0, 0.05) is 0 Å². The second-order valence-electron chi connectivity index (χ2n) is 2.73. The Balaban J connectivity index is 2.61. The number of carbonyl (C=O) groups excluding carboxylic acids is 1. The second kappa shape index (κ2) is 5.07. The van der Waals surface area contributed by atoms with Gasteiger partial charge in [0.25, 0.3) is 0 Å². The lowest BCUT2D eigenvalue weighted by Crippen LogP contribution is -1.99. The largest absolute Gasteiger partial charge is 0.508 e. The molecule has 0 atom stereocenters. The number of hydrogen-bond acceptors (Lipinski definition) is 3. The maximum atomic E-state index is 11.3. The molecule has 0 saturated heterocycles. The van der Waals surface area contributed by atoms with E-state index in [1.54, 1.807) is 6.08 Å². The topological polar surface area (TPSA) is 46.5 Å². The Morgan fingerprint density at radius 3 is 2.64 bits per heavy atom. The number of aromatic hydroxyl groups is 1. The predicted molar refractivity (Wildman–Crippen MR) is 53.0 cm³/mol. The highest BCUT2D eigenvalue weighted by molar-refractivity contribution is 5.89. The number of rotatable bonds is 3. The third-order valence-corrected chi connectivity index (χ3v) is 1.61. The first kappa shape index (κ1) is 10.3. The lowest BCUT2D eigenvalue weighted by atomic mass is 10.2. The first-order chi connectivity index (χ1) is 6.74. The molecule has 3 heteroatoms. The molecule has 0 fully saturated rings. The normalized spacial score (nSPS) is 10.4. The second-order valence-corrected chi connectivity index (χ2v) is 2.73. The van der Waals surface area contributed by atoms with Crippen LogP contribution < -0.4 is 0 Å². The summed E-state index contributed by atoms with van der Waals surface area (Å²) in [5.41, 5.74) is 0.420. The highest BCUT2D eigenvalue weighted by Crippen LogP contribution is 2.10. The van der Waals surface area contributed by atoms with Crippen molar-refractivity contribution in [3.8, 4) is 5.75 Å². The van der Waals surface area contributed by atoms with E-state index >= 15 is 0 Å². The van der Waals surface area contributed by atoms with Crippen LogP contribution in [0.1, 0.15) is 23.7 Å². The Hall–Kier alpha value is -1.77. The standard InChI is InChI=1S/C11H12O3/c1-2-3-8-14-11(13)9-4-6-10(12)7-5-9/h3-8,12H,2H2,1H3/b8-3+. The smallest absolute Gasteiger partial charge is 0.342 e. The van der Waals surface area contributed by atoms with Crippen molar-refractivity contribution in [3.05, 3.63) is 42.2 Å². The minimum atomic E-state index is -0.422. The van der Waals surface area contributed by atoms with Crippen molar-refractivity contribution in [1.82, 2.24) is 0 Å². The van der Waals surface area contributed by atoms with Crippen molar-refractivity contribution in [1.29, 1.82) is 0 Å². The minimum Gasteiger partial charge on any atom is -0.508 e. The molecule has 0 aliphatic rings. The molecular formula is C11H12O3. The van der Waals surface area contributed by atoms with E-state index in [4.69, 9.17) is 9.84 Å². The van der Waals surface area contributed by atoms with Gasteiger partial charge in [0.15, 0.2) is 0 Å². The monoisotopic (exact) mass is 192 g/mol. The van der Waals surface area contributed by atoms with Crippen LogP contribution in [0.2, 0.25) is 0 Å². The average molecular weight is 192 g/mol. The molecule has 1 N–H and O–H groups in total. The first-order valence-electron chi connectivity index (χ1n) is 4.39. The van der Waals surface area contributed by atoms with E-state index in [9.17, 15) is 4.79 Å². The van der Waals surface area contributed by atoms with Crippen molar-refractivity contribution in [3.63, 3.8) is 0 Å². The molecule has 0 aliphatic heterocycles. The van der Waals surface area contributed by atoms with Crippen LogP contribution >= 0.6 is 0 Å². The number of hydrogen-bond donors (Lipinski definition) is 1. The molecule has 1 aromatic carbocycles. The van der Waals surface area contributed by atoms with Crippen LogP contribution in [0.5, 0.6) is 5.75 Å². The van der Waals surface area contributed by atoms with E-state index in [1.807, 2.05) is 6.92 Å². The Morgan fingerprint density at radius 1 is 1.43 bits per heavy atom. The molecule has 0 aliphatic carbocycles. The van der Waals surface area contributed by atoms with Crippen LogP contribution in [0.4, 0.5) is 0 Å². The van der Waals surface area contributed by atoms with Crippen molar-refractivity contribution in [2.45, 2.75) is 13.3 Å². The summed E-state index contributed by atoms with van der Waals surface area (Å²) in [4.78, 5) is 11.3. The van der Waals surface area contributed by atoms with Gasteiger partial charge in [-0.05, 0) is 36.8 Å². The van der Waals surface area contributed by atoms with Gasteiger partial charge in [-0.15, -0.1) is 0 Å². The zero-order valence-corrected chi connectivity index (χ0v) is 7.93. The highest BCUT2D eigenvalue weighted by Gasteiger charge is 2.04. The van der Waals surface area contributed by atoms with Crippen LogP contribution in [-0.2, 0) is 4.74 Å². The van der Waals surface area contributed by atoms with Crippen LogP contribution in [0.15, 0.2) is 36.6 Å². The maximum absolute atomic E-state index is 11.3. The van der Waals surface area contributed by atoms with Crippen molar-refractivity contribution in [2.24, 2.45) is 0 Å². The summed E-state index contributed by atoms with van der Waals surface area (Å²) < 4.78 is 4.81. The summed E-state index contributed by atoms with van der Waals surface area (Å²) in [6.45, 7) is 1.95. The summed E-state index contributed by atoms with van der Waals surface area (Å²) in [5, 5.41) is 8.99. The number of benzene rings is 1. The maximum Gasteiger partial charge on any atom is 0.342 e. The average Bonchev–Trinajstić information content (AvgIpc) is 2.19. The molecule has 0 spiro atoms. The molecule has 1 rings (SSSR count). The highest BCUT2D eigenvalue weighted by atomic mass is 16.5. The summed E-state index contributed by atoms with van der Waals surface area (Å²) in [6, 6.07) is 5.91. The van der Waals surface area contributed by atoms with Gasteiger partial charge >= 0.3 is 5.97 Å². The molecular weight excluding hydrogens is 180 g/mol. The van der Waals surface area contributed by atoms with E-state index < -0.39 is 5.97 Å². The van der Waals surface area contributed by atoms with E-state index in [-0.39, 0.29) is 5.75 Å². The molecule has 74 valence electrons. The molecule has 3 nitrogen and oxygen atoms in total. The van der Waals surface area contributed by atoms with Crippen molar-refractivity contribution in [2.75, 3.05) is 0 Å². The van der Waals surface area contributed by atoms with Crippen LogP contribution in [-0.4, -0.2) is 11.1 Å². The zero-order chi connectivity index (χ0) is 10.4. The van der Waals surface area contributed by atoms with E-state index in [2.05, 4.69) is 0 Å². The number of allylic oxidation sites excluding steroid dienone is 1. The number of phenols is 1. The van der Waals surface area contributed by atoms with Gasteiger partial charge in [-0.1, -0.05) is 6.92 Å². The summed E-state index contributed by atoms with van der Waals surface area (Å²) in [7, 11) is 0. The third-order valence-electron chi connectivity index (χ3n) is 1.61. The molecule has 0 saturated carbocycles. The fourth-order valence-corrected chi connectivity index (χ4v) is 0.872. The lowest BCUT2D eigenvalue weighted by molar-refractivity contribution is 0.0662. The van der Waals surface area contributed by atoms with Crippen molar-refractivity contribution >= 4 is 5.97 Å². The van der Waals surface area contributed by atoms with Crippen LogP contribution in [0, 0.1) is 0 Å². The molecule has 0 unspecified atom stereocenters. The molecule has 0 radical (unpaired) electrons. The van der Waals surface area contributed by atoms with Crippen molar-refractivity contribution < 1.29 is 14.6 Å². The quantitative estimate of drug-likeness (QED) is 0.591. The fraction of sp³-hybridized carbons (Fsp3) is 0.182. The fourth-order valence-electron chi connectivity index (χ4n) is 0.872. The number of ether oxygens (including phenoxy) is 1. The number of carbonyl (C=O) groups is 1. The molecule has 14 heavy (non-hydrogen) atoms. The minimum absolute atomic E-state index is 0.130. The molecule has 1 aromatic rings. The van der Waals surface area contributed by atoms with Gasteiger partial charge in [0.05, 0.1) is 11.8 Å². The number of esters is 1. The molecule has 0 heterocycles. The van der Waals surface area contributed by atoms with E-state index in [1.165, 1.54) is 30.5 Å². The first-order valence-corrected chi connectivity index (χ1v) is 4.39. The Bertz CT molecular complexity index is 325.